The van der Waals surface area contributed by atoms with Gasteiger partial charge in [0.15, 0.2) is 0 Å². The van der Waals surface area contributed by atoms with Crippen LogP contribution in [0.2, 0.25) is 0 Å². The molecule has 2 aromatic heterocycles. The largest absolute Gasteiger partial charge is 0.477 e. The highest BCUT2D eigenvalue weighted by Crippen LogP contribution is 2.35. The third-order valence-corrected chi connectivity index (χ3v) is 5.95. The number of halogens is 3. The van der Waals surface area contributed by atoms with Crippen molar-refractivity contribution in [3.8, 4) is 5.88 Å². The maximum absolute atomic E-state index is 13.0. The number of hydrogen-bond acceptors (Lipinski definition) is 5. The van der Waals surface area contributed by atoms with Gasteiger partial charge in [0.25, 0.3) is 5.91 Å². The van der Waals surface area contributed by atoms with Crippen LogP contribution in [-0.4, -0.2) is 33.7 Å². The van der Waals surface area contributed by atoms with Gasteiger partial charge >= 0.3 is 12.3 Å². The SMILES string of the molecule is O=C(O)Nc1cccc(CCOc2ccc(NC(=O)C3=C(c4ccc(C(F)(F)F)cc4)CCCC3)cn2)n1. The topological polar surface area (TPSA) is 113 Å². The molecule has 0 spiro atoms. The Labute approximate surface area is 216 Å². The molecular weight excluding hydrogens is 501 g/mol. The van der Waals surface area contributed by atoms with Gasteiger partial charge in [-0.2, -0.15) is 13.2 Å². The van der Waals surface area contributed by atoms with E-state index in [1.807, 2.05) is 0 Å². The van der Waals surface area contributed by atoms with Crippen LogP contribution >= 0.6 is 0 Å². The second-order valence-corrected chi connectivity index (χ2v) is 8.62. The molecule has 3 N–H and O–H groups in total. The minimum absolute atomic E-state index is 0.225. The molecule has 0 aliphatic heterocycles. The number of alkyl halides is 3. The van der Waals surface area contributed by atoms with Gasteiger partial charge in [-0.3, -0.25) is 10.1 Å². The van der Waals surface area contributed by atoms with Gasteiger partial charge in [0.05, 0.1) is 24.1 Å². The van der Waals surface area contributed by atoms with Gasteiger partial charge in [-0.25, -0.2) is 14.8 Å². The van der Waals surface area contributed by atoms with Crippen LogP contribution in [-0.2, 0) is 17.4 Å². The first kappa shape index (κ1) is 26.6. The normalized spacial score (nSPS) is 13.7. The number of carbonyl (C=O) groups excluding carboxylic acids is 1. The fourth-order valence-electron chi connectivity index (χ4n) is 4.14. The van der Waals surface area contributed by atoms with Crippen molar-refractivity contribution >= 4 is 29.1 Å². The summed E-state index contributed by atoms with van der Waals surface area (Å²) in [6, 6.07) is 13.1. The molecule has 1 aliphatic rings. The van der Waals surface area contributed by atoms with Crippen LogP contribution in [0.4, 0.5) is 29.5 Å². The van der Waals surface area contributed by atoms with E-state index in [9.17, 15) is 22.8 Å². The van der Waals surface area contributed by atoms with Crippen LogP contribution in [0.1, 0.15) is 42.5 Å². The molecule has 0 saturated heterocycles. The van der Waals surface area contributed by atoms with Gasteiger partial charge in [-0.05, 0) is 67.2 Å². The monoisotopic (exact) mass is 526 g/mol. The number of benzene rings is 1. The molecule has 0 radical (unpaired) electrons. The summed E-state index contributed by atoms with van der Waals surface area (Å²) in [5.41, 5.74) is 2.31. The molecule has 198 valence electrons. The molecule has 2 amide bonds. The summed E-state index contributed by atoms with van der Waals surface area (Å²) in [6.45, 7) is 0.256. The Morgan fingerprint density at radius 2 is 1.74 bits per heavy atom. The zero-order valence-electron chi connectivity index (χ0n) is 20.2. The van der Waals surface area contributed by atoms with E-state index in [1.165, 1.54) is 18.3 Å². The van der Waals surface area contributed by atoms with Gasteiger partial charge in [-0.1, -0.05) is 18.2 Å². The van der Waals surface area contributed by atoms with Crippen molar-refractivity contribution < 1.29 is 32.6 Å². The van der Waals surface area contributed by atoms with Gasteiger partial charge in [0, 0.05) is 23.8 Å². The number of hydrogen-bond donors (Lipinski definition) is 3. The van der Waals surface area contributed by atoms with Crippen LogP contribution in [0.3, 0.4) is 0 Å². The van der Waals surface area contributed by atoms with Gasteiger partial charge in [-0.15, -0.1) is 0 Å². The van der Waals surface area contributed by atoms with Crippen molar-refractivity contribution in [1.29, 1.82) is 0 Å². The molecule has 8 nitrogen and oxygen atoms in total. The highest BCUT2D eigenvalue weighted by Gasteiger charge is 2.30. The molecule has 1 aliphatic carbocycles. The number of amides is 2. The number of ether oxygens (including phenoxy) is 1. The number of pyridine rings is 2. The number of allylic oxidation sites excluding steroid dienone is 1. The Bertz CT molecular complexity index is 1320. The van der Waals surface area contributed by atoms with Crippen LogP contribution in [0.25, 0.3) is 5.57 Å². The first-order valence-electron chi connectivity index (χ1n) is 11.9. The van der Waals surface area contributed by atoms with Crippen LogP contribution in [0.15, 0.2) is 66.4 Å². The average Bonchev–Trinajstić information content (AvgIpc) is 2.89. The minimum atomic E-state index is -4.41. The first-order valence-corrected chi connectivity index (χ1v) is 11.9. The number of anilines is 2. The molecule has 4 rings (SSSR count). The van der Waals surface area contributed by atoms with Crippen molar-refractivity contribution in [1.82, 2.24) is 9.97 Å². The fourth-order valence-corrected chi connectivity index (χ4v) is 4.14. The highest BCUT2D eigenvalue weighted by atomic mass is 19.4. The maximum atomic E-state index is 13.0. The van der Waals surface area contributed by atoms with Crippen molar-refractivity contribution in [2.75, 3.05) is 17.2 Å². The van der Waals surface area contributed by atoms with Crippen molar-refractivity contribution in [3.63, 3.8) is 0 Å². The Morgan fingerprint density at radius 1 is 0.974 bits per heavy atom. The number of nitrogens with zero attached hydrogens (tertiary/aromatic N) is 2. The first-order chi connectivity index (χ1) is 18.2. The Kier molecular flexibility index (Phi) is 8.25. The molecule has 3 aromatic rings. The van der Waals surface area contributed by atoms with Gasteiger partial charge in [0.2, 0.25) is 5.88 Å². The van der Waals surface area contributed by atoms with Crippen LogP contribution < -0.4 is 15.4 Å². The van der Waals surface area contributed by atoms with E-state index >= 15 is 0 Å². The molecule has 0 unspecified atom stereocenters. The predicted octanol–water partition coefficient (Wildman–Crippen LogP) is 6.17. The maximum Gasteiger partial charge on any atom is 0.416 e. The summed E-state index contributed by atoms with van der Waals surface area (Å²) in [7, 11) is 0. The van der Waals surface area contributed by atoms with E-state index in [2.05, 4.69) is 20.6 Å². The number of aromatic nitrogens is 2. The summed E-state index contributed by atoms with van der Waals surface area (Å²) in [5.74, 6) is 0.254. The number of carbonyl (C=O) groups is 2. The van der Waals surface area contributed by atoms with E-state index in [0.29, 0.717) is 47.7 Å². The number of nitrogens with one attached hydrogen (secondary N) is 2. The zero-order chi connectivity index (χ0) is 27.1. The van der Waals surface area contributed by atoms with Gasteiger partial charge in [0.1, 0.15) is 5.82 Å². The van der Waals surface area contributed by atoms with E-state index < -0.39 is 17.8 Å². The molecule has 0 bridgehead atoms. The number of carboxylic acid groups (broad SMARTS) is 1. The Balaban J connectivity index is 1.36. The zero-order valence-corrected chi connectivity index (χ0v) is 20.2. The molecule has 38 heavy (non-hydrogen) atoms. The van der Waals surface area contributed by atoms with E-state index in [-0.39, 0.29) is 18.3 Å². The predicted molar refractivity (Wildman–Crippen MR) is 135 cm³/mol. The van der Waals surface area contributed by atoms with E-state index in [0.717, 1.165) is 30.5 Å². The second-order valence-electron chi connectivity index (χ2n) is 8.62. The highest BCUT2D eigenvalue weighted by molar-refractivity contribution is 6.09. The smallest absolute Gasteiger partial charge is 0.416 e. The third kappa shape index (κ3) is 7.09. The summed E-state index contributed by atoms with van der Waals surface area (Å²) in [6.07, 6.45) is -0.891. The summed E-state index contributed by atoms with van der Waals surface area (Å²) in [4.78, 5) is 32.2. The lowest BCUT2D eigenvalue weighted by molar-refractivity contribution is -0.137. The number of rotatable bonds is 8. The average molecular weight is 527 g/mol. The van der Waals surface area contributed by atoms with Crippen molar-refractivity contribution in [3.05, 3.63) is 83.2 Å². The molecular formula is C27H25F3N4O4. The molecule has 0 saturated carbocycles. The lowest BCUT2D eigenvalue weighted by atomic mass is 9.86. The third-order valence-electron chi connectivity index (χ3n) is 5.95. The van der Waals surface area contributed by atoms with E-state index in [4.69, 9.17) is 9.84 Å². The lowest BCUT2D eigenvalue weighted by Crippen LogP contribution is -2.18. The molecule has 2 heterocycles. The summed E-state index contributed by atoms with van der Waals surface area (Å²) >= 11 is 0. The molecule has 0 fully saturated rings. The summed E-state index contributed by atoms with van der Waals surface area (Å²) < 4.78 is 44.4. The quantitative estimate of drug-likeness (QED) is 0.323. The fraction of sp³-hybridized carbons (Fsp3) is 0.259. The molecule has 0 atom stereocenters. The Morgan fingerprint density at radius 3 is 2.42 bits per heavy atom. The lowest BCUT2D eigenvalue weighted by Gasteiger charge is -2.21. The second kappa shape index (κ2) is 11.8. The van der Waals surface area contributed by atoms with Crippen LogP contribution in [0, 0.1) is 0 Å². The summed E-state index contributed by atoms with van der Waals surface area (Å²) in [5, 5.41) is 13.8. The van der Waals surface area contributed by atoms with Crippen molar-refractivity contribution in [2.45, 2.75) is 38.3 Å². The van der Waals surface area contributed by atoms with Gasteiger partial charge < -0.3 is 15.2 Å². The minimum Gasteiger partial charge on any atom is -0.477 e. The molecule has 11 heteroatoms. The van der Waals surface area contributed by atoms with Crippen LogP contribution in [0.5, 0.6) is 5.88 Å². The molecule has 1 aromatic carbocycles. The Hall–Kier alpha value is -4.41. The van der Waals surface area contributed by atoms with E-state index in [1.54, 1.807) is 30.3 Å². The van der Waals surface area contributed by atoms with Crippen molar-refractivity contribution in [2.24, 2.45) is 0 Å². The standard InChI is InChI=1S/C27H25F3N4O4/c28-27(29,30)18-10-8-17(9-11-18)21-5-1-2-6-22(21)25(35)33-20-12-13-24(31-16-20)38-15-14-19-4-3-7-23(32-19)34-26(36)37/h3-4,7-13,16H,1-2,5-6,14-15H2,(H,32,34)(H,33,35)(H,36,37).